The molecule has 0 spiro atoms. The molecule has 1 unspecified atom stereocenters. The van der Waals surface area contributed by atoms with Crippen LogP contribution in [0.15, 0.2) is 42.6 Å². The molecule has 0 saturated heterocycles. The van der Waals surface area contributed by atoms with Gasteiger partial charge in [0.1, 0.15) is 0 Å². The number of benzene rings is 1. The third-order valence-corrected chi connectivity index (χ3v) is 5.84. The van der Waals surface area contributed by atoms with E-state index in [9.17, 15) is 0 Å². The summed E-state index contributed by atoms with van der Waals surface area (Å²) in [5.74, 6) is 0.554. The molecule has 0 saturated carbocycles. The van der Waals surface area contributed by atoms with Gasteiger partial charge in [0.25, 0.3) is 0 Å². The Morgan fingerprint density at radius 2 is 1.65 bits per heavy atom. The summed E-state index contributed by atoms with van der Waals surface area (Å²) in [6, 6.07) is 12.7. The highest BCUT2D eigenvalue weighted by Crippen LogP contribution is 2.58. The van der Waals surface area contributed by atoms with Crippen LogP contribution in [0, 0.1) is 5.41 Å². The van der Waals surface area contributed by atoms with Gasteiger partial charge in [0, 0.05) is 11.8 Å². The first-order valence-electron chi connectivity index (χ1n) is 7.41. The van der Waals surface area contributed by atoms with Crippen LogP contribution in [0.3, 0.4) is 0 Å². The van der Waals surface area contributed by atoms with Crippen molar-refractivity contribution in [2.75, 3.05) is 0 Å². The van der Waals surface area contributed by atoms with Crippen molar-refractivity contribution in [1.29, 1.82) is 0 Å². The Morgan fingerprint density at radius 1 is 1.00 bits per heavy atom. The molecule has 1 heterocycles. The van der Waals surface area contributed by atoms with Gasteiger partial charge in [-0.25, -0.2) is 0 Å². The summed E-state index contributed by atoms with van der Waals surface area (Å²) in [7, 11) is 0. The van der Waals surface area contributed by atoms with Crippen LogP contribution in [0.2, 0.25) is 0 Å². The lowest BCUT2D eigenvalue weighted by atomic mass is 9.65. The molecule has 2 aromatic rings. The first-order chi connectivity index (χ1) is 9.35. The van der Waals surface area contributed by atoms with E-state index in [0.717, 1.165) is 5.69 Å². The van der Waals surface area contributed by atoms with E-state index in [0.29, 0.717) is 5.92 Å². The average molecular weight is 265 g/mol. The normalized spacial score (nSPS) is 22.6. The fourth-order valence-electron chi connectivity index (χ4n) is 3.40. The summed E-state index contributed by atoms with van der Waals surface area (Å²) in [5, 5.41) is 0. The number of rotatable bonds is 1. The standard InChI is InChI=1S/C19H23N/c1-13-15-11-17(14-9-7-6-8-10-14)20-12-16(15)19(4,5)18(13,2)3/h6-13H,1-5H3. The molecule has 1 aliphatic rings. The molecule has 104 valence electrons. The van der Waals surface area contributed by atoms with E-state index < -0.39 is 0 Å². The van der Waals surface area contributed by atoms with Gasteiger partial charge < -0.3 is 0 Å². The van der Waals surface area contributed by atoms with Crippen LogP contribution in [-0.2, 0) is 5.41 Å². The Balaban J connectivity index is 2.16. The van der Waals surface area contributed by atoms with Gasteiger partial charge in [-0.1, -0.05) is 65.0 Å². The molecule has 0 aliphatic heterocycles. The van der Waals surface area contributed by atoms with Crippen molar-refractivity contribution in [3.8, 4) is 11.3 Å². The van der Waals surface area contributed by atoms with Gasteiger partial charge in [-0.15, -0.1) is 0 Å². The number of hydrogen-bond donors (Lipinski definition) is 0. The topological polar surface area (TPSA) is 12.9 Å². The molecule has 20 heavy (non-hydrogen) atoms. The van der Waals surface area contributed by atoms with Crippen molar-refractivity contribution in [3.05, 3.63) is 53.7 Å². The molecule has 0 radical (unpaired) electrons. The van der Waals surface area contributed by atoms with Crippen LogP contribution < -0.4 is 0 Å². The Morgan fingerprint density at radius 3 is 2.30 bits per heavy atom. The lowest BCUT2D eigenvalue weighted by Crippen LogP contribution is -2.33. The van der Waals surface area contributed by atoms with E-state index in [2.05, 4.69) is 71.1 Å². The molecule has 1 aromatic carbocycles. The molecule has 0 bridgehead atoms. The monoisotopic (exact) mass is 265 g/mol. The van der Waals surface area contributed by atoms with E-state index >= 15 is 0 Å². The Hall–Kier alpha value is -1.63. The van der Waals surface area contributed by atoms with Crippen LogP contribution in [0.25, 0.3) is 11.3 Å². The summed E-state index contributed by atoms with van der Waals surface area (Å²) in [5.41, 5.74) is 5.59. The van der Waals surface area contributed by atoms with Crippen LogP contribution in [0.4, 0.5) is 0 Å². The molecule has 1 atom stereocenters. The fraction of sp³-hybridized carbons (Fsp3) is 0.421. The summed E-state index contributed by atoms with van der Waals surface area (Å²) < 4.78 is 0. The van der Waals surface area contributed by atoms with Crippen molar-refractivity contribution in [2.24, 2.45) is 5.41 Å². The third-order valence-electron chi connectivity index (χ3n) is 5.84. The molecule has 1 heteroatoms. The van der Waals surface area contributed by atoms with Gasteiger partial charge in [-0.05, 0) is 33.9 Å². The van der Waals surface area contributed by atoms with Gasteiger partial charge in [-0.2, -0.15) is 0 Å². The molecule has 0 amide bonds. The van der Waals surface area contributed by atoms with Gasteiger partial charge in [0.05, 0.1) is 5.69 Å². The number of pyridine rings is 1. The van der Waals surface area contributed by atoms with Crippen LogP contribution in [0.5, 0.6) is 0 Å². The number of fused-ring (bicyclic) bond motifs is 1. The van der Waals surface area contributed by atoms with Crippen molar-refractivity contribution in [3.63, 3.8) is 0 Å². The first-order valence-corrected chi connectivity index (χ1v) is 7.41. The van der Waals surface area contributed by atoms with Gasteiger partial charge in [0.2, 0.25) is 0 Å². The zero-order valence-electron chi connectivity index (χ0n) is 13.1. The highest BCUT2D eigenvalue weighted by molar-refractivity contribution is 5.62. The van der Waals surface area contributed by atoms with Crippen LogP contribution in [-0.4, -0.2) is 4.98 Å². The molecular weight excluding hydrogens is 242 g/mol. The summed E-state index contributed by atoms with van der Waals surface area (Å²) in [4.78, 5) is 4.72. The number of hydrogen-bond acceptors (Lipinski definition) is 1. The number of nitrogens with zero attached hydrogens (tertiary/aromatic N) is 1. The highest BCUT2D eigenvalue weighted by atomic mass is 14.7. The molecule has 0 fully saturated rings. The van der Waals surface area contributed by atoms with Gasteiger partial charge in [-0.3, -0.25) is 4.98 Å². The second-order valence-electron chi connectivity index (χ2n) is 7.09. The van der Waals surface area contributed by atoms with E-state index in [1.54, 1.807) is 0 Å². The predicted octanol–water partition coefficient (Wildman–Crippen LogP) is 5.17. The predicted molar refractivity (Wildman–Crippen MR) is 84.9 cm³/mol. The third kappa shape index (κ3) is 1.65. The molecule has 0 N–H and O–H groups in total. The summed E-state index contributed by atoms with van der Waals surface area (Å²) in [6.45, 7) is 11.8. The van der Waals surface area contributed by atoms with E-state index in [-0.39, 0.29) is 10.8 Å². The maximum atomic E-state index is 4.72. The van der Waals surface area contributed by atoms with Crippen LogP contribution in [0.1, 0.15) is 51.7 Å². The van der Waals surface area contributed by atoms with E-state index in [1.165, 1.54) is 16.7 Å². The molecule has 1 aromatic heterocycles. The lowest BCUT2D eigenvalue weighted by molar-refractivity contribution is 0.190. The minimum Gasteiger partial charge on any atom is -0.256 e. The SMILES string of the molecule is CC1c2cc(-c3ccccc3)ncc2C(C)(C)C1(C)C. The van der Waals surface area contributed by atoms with Crippen LogP contribution >= 0.6 is 0 Å². The Bertz CT molecular complexity index is 638. The van der Waals surface area contributed by atoms with Gasteiger partial charge >= 0.3 is 0 Å². The van der Waals surface area contributed by atoms with Crippen molar-refractivity contribution >= 4 is 0 Å². The fourth-order valence-corrected chi connectivity index (χ4v) is 3.40. The van der Waals surface area contributed by atoms with E-state index in [1.807, 2.05) is 6.07 Å². The highest BCUT2D eigenvalue weighted by Gasteiger charge is 2.50. The van der Waals surface area contributed by atoms with E-state index in [4.69, 9.17) is 4.98 Å². The molecular formula is C19H23N. The van der Waals surface area contributed by atoms with Crippen molar-refractivity contribution in [2.45, 2.75) is 46.0 Å². The zero-order chi connectivity index (χ0) is 14.5. The largest absolute Gasteiger partial charge is 0.256 e. The smallest absolute Gasteiger partial charge is 0.0705 e. The minimum atomic E-state index is 0.171. The minimum absolute atomic E-state index is 0.171. The maximum Gasteiger partial charge on any atom is 0.0705 e. The van der Waals surface area contributed by atoms with Crippen molar-refractivity contribution < 1.29 is 0 Å². The molecule has 1 aliphatic carbocycles. The van der Waals surface area contributed by atoms with Gasteiger partial charge in [0.15, 0.2) is 0 Å². The quantitative estimate of drug-likeness (QED) is 0.693. The summed E-state index contributed by atoms with van der Waals surface area (Å²) >= 11 is 0. The second-order valence-corrected chi connectivity index (χ2v) is 7.09. The zero-order valence-corrected chi connectivity index (χ0v) is 13.1. The second kappa shape index (κ2) is 4.18. The van der Waals surface area contributed by atoms with Crippen molar-refractivity contribution in [1.82, 2.24) is 4.98 Å². The molecule has 3 rings (SSSR count). The Labute approximate surface area is 122 Å². The summed E-state index contributed by atoms with van der Waals surface area (Å²) in [6.07, 6.45) is 2.10. The molecule has 1 nitrogen and oxygen atoms in total. The first kappa shape index (κ1) is 13.4. The number of aromatic nitrogens is 1. The lowest BCUT2D eigenvalue weighted by Gasteiger charge is -2.38. The Kier molecular flexibility index (Phi) is 2.79. The maximum absolute atomic E-state index is 4.72. The average Bonchev–Trinajstić information content (AvgIpc) is 2.58.